The minimum absolute atomic E-state index is 0. The normalized spacial score (nSPS) is 3.69. The molecule has 0 N–H and O–H groups in total. The molecule has 0 fully saturated rings. The first-order valence-electron chi connectivity index (χ1n) is 1.22. The number of carboxylic acid groups (broad SMARTS) is 4. The van der Waals surface area contributed by atoms with Gasteiger partial charge in [-0.25, -0.2) is 0 Å². The van der Waals surface area contributed by atoms with Crippen LogP contribution in [-0.2, 0) is 11.0 Å². The zero-order chi connectivity index (χ0) is 7.15. The van der Waals surface area contributed by atoms with E-state index in [-0.39, 0.29) is 158 Å². The Morgan fingerprint density at radius 2 is 0.615 bits per heavy atom. The van der Waals surface area contributed by atoms with Crippen LogP contribution in [0.1, 0.15) is 0 Å². The first-order valence-corrected chi connectivity index (χ1v) is 1.22. The van der Waals surface area contributed by atoms with Crippen LogP contribution in [0.3, 0.4) is 0 Å². The SMILES string of the molecule is O=C([O-])[O-].O=C([O-])[O-].[Ba+2].[Ba+2].[Ba+2].[O-].[O-]. The molecule has 2 radical (unpaired) electrons. The van der Waals surface area contributed by atoms with Crippen molar-refractivity contribution in [3.8, 4) is 0 Å². The molecule has 0 spiro atoms. The maximum Gasteiger partial charge on any atom is 2.00 e. The standard InChI is InChI=1S/2CH2O3.3Ba.2O/c2*2-1(3)4;;;;;/h2*(H2,2,3,4);;;;;/q;;3*+2;2*-1/p-4. The first kappa shape index (κ1) is 44.2. The van der Waals surface area contributed by atoms with Crippen LogP contribution >= 0.6 is 0 Å². The van der Waals surface area contributed by atoms with E-state index in [1.165, 1.54) is 0 Å². The van der Waals surface area contributed by atoms with Gasteiger partial charge in [0.2, 0.25) is 0 Å². The zero-order valence-corrected chi connectivity index (χ0v) is 19.7. The molecular weight excluding hydrogens is 564 g/mol. The summed E-state index contributed by atoms with van der Waals surface area (Å²) < 4.78 is 0. The van der Waals surface area contributed by atoms with E-state index >= 15 is 0 Å². The summed E-state index contributed by atoms with van der Waals surface area (Å²) in [6.45, 7) is 0. The molecule has 0 unspecified atom stereocenters. The van der Waals surface area contributed by atoms with Crippen molar-refractivity contribution >= 4 is 159 Å². The molecule has 0 aromatic heterocycles. The second-order valence-corrected chi connectivity index (χ2v) is 0.500. The Morgan fingerprint density at radius 3 is 0.615 bits per heavy atom. The van der Waals surface area contributed by atoms with Crippen molar-refractivity contribution in [3.05, 3.63) is 0 Å². The number of hydrogen-bond acceptors (Lipinski definition) is 8. The quantitative estimate of drug-likeness (QED) is 0.264. The number of hydrogen-bond donors (Lipinski definition) is 0. The molecule has 0 atom stereocenters. The fourth-order valence-electron chi connectivity index (χ4n) is 0. The van der Waals surface area contributed by atoms with Gasteiger partial charge in [0.1, 0.15) is 0 Å². The van der Waals surface area contributed by atoms with Gasteiger partial charge in [-0.05, 0) is 12.3 Å². The molecule has 11 heteroatoms. The molecule has 0 bridgehead atoms. The summed E-state index contributed by atoms with van der Waals surface area (Å²) in [4.78, 5) is 16.7. The summed E-state index contributed by atoms with van der Waals surface area (Å²) in [5.41, 5.74) is 0. The van der Waals surface area contributed by atoms with Gasteiger partial charge in [-0.15, -0.1) is 0 Å². The summed E-state index contributed by atoms with van der Waals surface area (Å²) >= 11 is 0. The van der Waals surface area contributed by atoms with Gasteiger partial charge in [0.15, 0.2) is 0 Å². The summed E-state index contributed by atoms with van der Waals surface area (Å²) in [6.07, 6.45) is -4.67. The summed E-state index contributed by atoms with van der Waals surface area (Å²) in [7, 11) is 0. The average molecular weight is 564 g/mol. The predicted octanol–water partition coefficient (Wildman–Crippen LogP) is -6.27. The summed E-state index contributed by atoms with van der Waals surface area (Å²) in [6, 6.07) is 0. The molecule has 0 aliphatic rings. The molecule has 0 rings (SSSR count). The summed E-state index contributed by atoms with van der Waals surface area (Å²) in [5.74, 6) is 0. The smallest absolute Gasteiger partial charge is 1.00 e. The predicted molar refractivity (Wildman–Crippen MR) is 29.4 cm³/mol. The third-order valence-corrected chi connectivity index (χ3v) is 0. The maximum absolute atomic E-state index is 8.33. The maximum atomic E-state index is 8.33. The van der Waals surface area contributed by atoms with Crippen LogP contribution in [0.5, 0.6) is 0 Å². The van der Waals surface area contributed by atoms with E-state index in [9.17, 15) is 0 Å². The first-order chi connectivity index (χ1) is 3.46. The van der Waals surface area contributed by atoms with Crippen molar-refractivity contribution in [3.63, 3.8) is 0 Å². The van der Waals surface area contributed by atoms with Crippen molar-refractivity contribution in [2.75, 3.05) is 0 Å². The fourth-order valence-corrected chi connectivity index (χ4v) is 0. The molecule has 0 aliphatic heterocycles. The Labute approximate surface area is 194 Å². The summed E-state index contributed by atoms with van der Waals surface area (Å²) in [5, 5.41) is 33.3. The van der Waals surface area contributed by atoms with Gasteiger partial charge in [-0.1, -0.05) is 0 Å². The fraction of sp³-hybridized carbons (Fsp3) is 0. The monoisotopic (exact) mass is 566 g/mol. The van der Waals surface area contributed by atoms with Crippen LogP contribution < -0.4 is 20.4 Å². The van der Waals surface area contributed by atoms with Crippen molar-refractivity contribution in [2.45, 2.75) is 0 Å². The topological polar surface area (TPSA) is 183 Å². The van der Waals surface area contributed by atoms with Crippen molar-refractivity contribution in [2.24, 2.45) is 0 Å². The number of carbonyl (C=O) groups excluding carboxylic acids is 2. The van der Waals surface area contributed by atoms with Gasteiger partial charge in [0, 0.05) is 0 Å². The molecule has 62 valence electrons. The zero-order valence-electron chi connectivity index (χ0n) is 6.39. The minimum Gasteiger partial charge on any atom is -1.00 e. The third kappa shape index (κ3) is 261. The molecule has 0 amide bonds. The van der Waals surface area contributed by atoms with Gasteiger partial charge >= 0.3 is 147 Å². The molecular formula is C2Ba3O8. The van der Waals surface area contributed by atoms with Crippen LogP contribution in [0.25, 0.3) is 0 Å². The van der Waals surface area contributed by atoms with E-state index in [2.05, 4.69) is 0 Å². The van der Waals surface area contributed by atoms with E-state index < -0.39 is 12.3 Å². The van der Waals surface area contributed by atoms with E-state index in [4.69, 9.17) is 30.0 Å². The third-order valence-electron chi connectivity index (χ3n) is 0. The van der Waals surface area contributed by atoms with Gasteiger partial charge in [0.05, 0.1) is 0 Å². The van der Waals surface area contributed by atoms with E-state index in [0.29, 0.717) is 0 Å². The molecule has 0 saturated heterocycles. The van der Waals surface area contributed by atoms with E-state index in [1.54, 1.807) is 0 Å². The molecule has 0 aromatic carbocycles. The molecule has 0 aromatic rings. The van der Waals surface area contributed by atoms with E-state index in [0.717, 1.165) is 0 Å². The van der Waals surface area contributed by atoms with Crippen LogP contribution in [0.4, 0.5) is 9.59 Å². The van der Waals surface area contributed by atoms with Crippen LogP contribution in [-0.4, -0.2) is 159 Å². The average Bonchev–Trinajstić information content (AvgIpc) is 1.25. The van der Waals surface area contributed by atoms with Gasteiger partial charge < -0.3 is 41.0 Å². The number of rotatable bonds is 0. The second-order valence-electron chi connectivity index (χ2n) is 0.500. The van der Waals surface area contributed by atoms with Crippen molar-refractivity contribution in [1.82, 2.24) is 0 Å². The van der Waals surface area contributed by atoms with Gasteiger partial charge in [-0.2, -0.15) is 0 Å². The Morgan fingerprint density at radius 1 is 0.615 bits per heavy atom. The van der Waals surface area contributed by atoms with Gasteiger partial charge in [0.25, 0.3) is 0 Å². The Balaban J connectivity index is -0.00000000800. The van der Waals surface area contributed by atoms with Crippen LogP contribution in [0, 0.1) is 0 Å². The number of carbonyl (C=O) groups is 2. The van der Waals surface area contributed by atoms with Crippen LogP contribution in [0.15, 0.2) is 0 Å². The van der Waals surface area contributed by atoms with Gasteiger partial charge in [-0.3, -0.25) is 0 Å². The Bertz CT molecular complexity index is 75.4. The molecule has 13 heavy (non-hydrogen) atoms. The largest absolute Gasteiger partial charge is 2.00 e. The second kappa shape index (κ2) is 36.2. The van der Waals surface area contributed by atoms with Crippen molar-refractivity contribution < 1.29 is 41.0 Å². The van der Waals surface area contributed by atoms with E-state index in [1.807, 2.05) is 0 Å². The molecule has 0 heterocycles. The minimum atomic E-state index is -2.33. The van der Waals surface area contributed by atoms with Crippen molar-refractivity contribution in [1.29, 1.82) is 0 Å². The van der Waals surface area contributed by atoms with Crippen LogP contribution in [0.2, 0.25) is 0 Å². The molecule has 0 saturated carbocycles. The Hall–Kier alpha value is 3.17. The molecule has 0 aliphatic carbocycles. The Kier molecular flexibility index (Phi) is 123. The molecule has 8 nitrogen and oxygen atoms in total.